The fourth-order valence-electron chi connectivity index (χ4n) is 3.64. The number of nitrogens with one attached hydrogen (secondary N) is 1. The fraction of sp³-hybridized carbons (Fsp3) is 0.333. The zero-order valence-corrected chi connectivity index (χ0v) is 20.7. The molecule has 0 atom stereocenters. The molecule has 0 radical (unpaired) electrons. The lowest BCUT2D eigenvalue weighted by Gasteiger charge is -2.18. The van der Waals surface area contributed by atoms with E-state index >= 15 is 0 Å². The summed E-state index contributed by atoms with van der Waals surface area (Å²) in [5.74, 6) is 0.0419. The Morgan fingerprint density at radius 2 is 1.66 bits per heavy atom. The number of hydrogen-bond donors (Lipinski definition) is 1. The van der Waals surface area contributed by atoms with Crippen LogP contribution < -0.4 is 5.32 Å². The van der Waals surface area contributed by atoms with Gasteiger partial charge in [-0.1, -0.05) is 37.2 Å². The first-order chi connectivity index (χ1) is 15.1. The monoisotopic (exact) mass is 471 g/mol. The lowest BCUT2D eigenvalue weighted by atomic mass is 10.1. The van der Waals surface area contributed by atoms with Gasteiger partial charge in [-0.3, -0.25) is 4.79 Å². The van der Waals surface area contributed by atoms with Gasteiger partial charge < -0.3 is 5.32 Å². The van der Waals surface area contributed by atoms with Gasteiger partial charge in [0.1, 0.15) is 5.03 Å². The van der Waals surface area contributed by atoms with Crippen molar-refractivity contribution in [3.63, 3.8) is 0 Å². The number of rotatable bonds is 8. The topological polar surface area (TPSA) is 79.4 Å². The highest BCUT2D eigenvalue weighted by Crippen LogP contribution is 2.27. The number of anilines is 1. The second kappa shape index (κ2) is 10.0. The first-order valence-electron chi connectivity index (χ1n) is 10.6. The molecule has 6 nitrogen and oxygen atoms in total. The predicted octanol–water partition coefficient (Wildman–Crippen LogP) is 4.92. The molecule has 1 aromatic heterocycles. The van der Waals surface area contributed by atoms with Crippen molar-refractivity contribution < 1.29 is 13.2 Å². The number of benzene rings is 2. The summed E-state index contributed by atoms with van der Waals surface area (Å²) in [4.78, 5) is 17.5. The Hall–Kier alpha value is -2.42. The molecule has 1 N–H and O–H groups in total. The zero-order valence-electron chi connectivity index (χ0n) is 19.1. The van der Waals surface area contributed by atoms with Crippen molar-refractivity contribution in [3.8, 4) is 0 Å². The molecule has 3 aromatic rings. The van der Waals surface area contributed by atoms with Crippen LogP contribution in [-0.4, -0.2) is 42.5 Å². The number of carbonyl (C=O) groups excluding carboxylic acids is 1. The number of aryl methyl sites for hydroxylation is 3. The lowest BCUT2D eigenvalue weighted by molar-refractivity contribution is -0.113. The Labute approximate surface area is 194 Å². The molecule has 0 saturated heterocycles. The molecular weight excluding hydrogens is 442 g/mol. The van der Waals surface area contributed by atoms with Gasteiger partial charge in [0.2, 0.25) is 15.9 Å². The van der Waals surface area contributed by atoms with Crippen molar-refractivity contribution in [3.05, 3.63) is 59.2 Å². The van der Waals surface area contributed by atoms with Crippen LogP contribution in [0.15, 0.2) is 52.4 Å². The molecule has 170 valence electrons. The van der Waals surface area contributed by atoms with Crippen LogP contribution >= 0.6 is 11.8 Å². The van der Waals surface area contributed by atoms with E-state index in [4.69, 9.17) is 4.98 Å². The highest BCUT2D eigenvalue weighted by Gasteiger charge is 2.21. The third-order valence-electron chi connectivity index (χ3n) is 5.22. The maximum atomic E-state index is 12.6. The minimum Gasteiger partial charge on any atom is -0.325 e. The van der Waals surface area contributed by atoms with Crippen LogP contribution in [0, 0.1) is 20.8 Å². The molecule has 1 heterocycles. The molecule has 0 saturated carbocycles. The number of pyridine rings is 1. The Morgan fingerprint density at radius 1 is 1.00 bits per heavy atom. The average Bonchev–Trinajstić information content (AvgIpc) is 2.73. The third kappa shape index (κ3) is 5.31. The summed E-state index contributed by atoms with van der Waals surface area (Å²) in [6, 6.07) is 12.6. The van der Waals surface area contributed by atoms with Crippen molar-refractivity contribution >= 4 is 44.3 Å². The number of nitrogens with zero attached hydrogens (tertiary/aromatic N) is 2. The van der Waals surface area contributed by atoms with Gasteiger partial charge >= 0.3 is 0 Å². The van der Waals surface area contributed by atoms with E-state index in [1.165, 1.54) is 33.8 Å². The summed E-state index contributed by atoms with van der Waals surface area (Å²) < 4.78 is 26.6. The summed E-state index contributed by atoms with van der Waals surface area (Å²) in [5, 5.41) is 4.77. The first-order valence-corrected chi connectivity index (χ1v) is 13.0. The van der Waals surface area contributed by atoms with Gasteiger partial charge in [-0.05, 0) is 68.3 Å². The van der Waals surface area contributed by atoms with Gasteiger partial charge in [-0.15, -0.1) is 0 Å². The minimum atomic E-state index is -3.51. The van der Waals surface area contributed by atoms with Crippen LogP contribution in [0.5, 0.6) is 0 Å². The van der Waals surface area contributed by atoms with Crippen molar-refractivity contribution in [1.29, 1.82) is 0 Å². The molecule has 0 aliphatic rings. The molecular formula is C24H29N3O3S2. The van der Waals surface area contributed by atoms with Crippen molar-refractivity contribution in [2.45, 2.75) is 44.5 Å². The fourth-order valence-corrected chi connectivity index (χ4v) is 5.88. The molecule has 0 fully saturated rings. The number of fused-ring (bicyclic) bond motifs is 1. The van der Waals surface area contributed by atoms with Crippen LogP contribution in [0.25, 0.3) is 10.9 Å². The average molecular weight is 472 g/mol. The van der Waals surface area contributed by atoms with Gasteiger partial charge in [0.15, 0.2) is 0 Å². The minimum absolute atomic E-state index is 0.170. The summed E-state index contributed by atoms with van der Waals surface area (Å²) in [6.07, 6.45) is 0. The smallest absolute Gasteiger partial charge is 0.243 e. The molecule has 0 aliphatic heterocycles. The summed E-state index contributed by atoms with van der Waals surface area (Å²) in [7, 11) is -3.51. The normalized spacial score (nSPS) is 11.8. The number of thioether (sulfide) groups is 1. The van der Waals surface area contributed by atoms with E-state index in [1.807, 2.05) is 27.7 Å². The summed E-state index contributed by atoms with van der Waals surface area (Å²) in [6.45, 7) is 10.6. The van der Waals surface area contributed by atoms with Crippen molar-refractivity contribution in [2.75, 3.05) is 24.2 Å². The first kappa shape index (κ1) is 24.2. The Balaban J connectivity index is 1.67. The molecule has 0 aliphatic carbocycles. The third-order valence-corrected chi connectivity index (χ3v) is 8.38. The lowest BCUT2D eigenvalue weighted by Crippen LogP contribution is -2.30. The number of aromatic nitrogens is 1. The van der Waals surface area contributed by atoms with E-state index in [0.29, 0.717) is 18.8 Å². The van der Waals surface area contributed by atoms with Crippen molar-refractivity contribution in [1.82, 2.24) is 9.29 Å². The summed E-state index contributed by atoms with van der Waals surface area (Å²) >= 11 is 1.39. The van der Waals surface area contributed by atoms with E-state index in [1.54, 1.807) is 12.1 Å². The van der Waals surface area contributed by atoms with Crippen LogP contribution in [0.2, 0.25) is 0 Å². The Kier molecular flexibility index (Phi) is 7.59. The van der Waals surface area contributed by atoms with Crippen LogP contribution in [-0.2, 0) is 14.8 Å². The predicted molar refractivity (Wildman–Crippen MR) is 132 cm³/mol. The number of amides is 1. The highest BCUT2D eigenvalue weighted by molar-refractivity contribution is 8.00. The van der Waals surface area contributed by atoms with E-state index in [-0.39, 0.29) is 16.6 Å². The van der Waals surface area contributed by atoms with Crippen LogP contribution in [0.3, 0.4) is 0 Å². The maximum absolute atomic E-state index is 12.6. The van der Waals surface area contributed by atoms with Crippen LogP contribution in [0.1, 0.15) is 30.5 Å². The van der Waals surface area contributed by atoms with Crippen molar-refractivity contribution in [2.24, 2.45) is 0 Å². The van der Waals surface area contributed by atoms with E-state index in [9.17, 15) is 13.2 Å². The molecule has 3 rings (SSSR count). The SMILES string of the molecule is CCN(CC)S(=O)(=O)c1ccc(NC(=O)CSc2nc3c(C)cc(C)cc3cc2C)cc1. The molecule has 0 spiro atoms. The van der Waals surface area contributed by atoms with Gasteiger partial charge in [0.25, 0.3) is 0 Å². The van der Waals surface area contributed by atoms with Gasteiger partial charge in [0.05, 0.1) is 16.2 Å². The summed E-state index contributed by atoms with van der Waals surface area (Å²) in [5.41, 5.74) is 4.86. The largest absolute Gasteiger partial charge is 0.325 e. The molecule has 1 amide bonds. The molecule has 32 heavy (non-hydrogen) atoms. The second-order valence-electron chi connectivity index (χ2n) is 7.71. The Bertz CT molecular complexity index is 1240. The van der Waals surface area contributed by atoms with Crippen LogP contribution in [0.4, 0.5) is 5.69 Å². The number of hydrogen-bond acceptors (Lipinski definition) is 5. The highest BCUT2D eigenvalue weighted by atomic mass is 32.2. The molecule has 0 unspecified atom stereocenters. The van der Waals surface area contributed by atoms with Gasteiger partial charge in [-0.25, -0.2) is 13.4 Å². The van der Waals surface area contributed by atoms with E-state index in [2.05, 4.69) is 30.4 Å². The molecule has 0 bridgehead atoms. The maximum Gasteiger partial charge on any atom is 0.243 e. The standard InChI is InChI=1S/C24H29N3O3S2/c1-6-27(7-2)32(29,30)21-10-8-20(9-11-21)25-22(28)15-31-24-18(5)14-19-13-16(3)12-17(4)23(19)26-24/h8-14H,6-7,15H2,1-5H3,(H,25,28). The van der Waals surface area contributed by atoms with E-state index < -0.39 is 10.0 Å². The van der Waals surface area contributed by atoms with Gasteiger partial charge in [0, 0.05) is 24.2 Å². The number of sulfonamides is 1. The Morgan fingerprint density at radius 3 is 2.28 bits per heavy atom. The number of carbonyl (C=O) groups is 1. The second-order valence-corrected chi connectivity index (χ2v) is 10.6. The quantitative estimate of drug-likeness (QED) is 0.472. The van der Waals surface area contributed by atoms with E-state index in [0.717, 1.165) is 27.1 Å². The molecule has 2 aromatic carbocycles. The zero-order chi connectivity index (χ0) is 23.5. The molecule has 8 heteroatoms. The van der Waals surface area contributed by atoms with Gasteiger partial charge in [-0.2, -0.15) is 4.31 Å².